The van der Waals surface area contributed by atoms with Gasteiger partial charge in [0.15, 0.2) is 5.96 Å². The van der Waals surface area contributed by atoms with Gasteiger partial charge in [0.2, 0.25) is 5.95 Å². The van der Waals surface area contributed by atoms with Crippen molar-refractivity contribution in [1.82, 2.24) is 20.2 Å². The highest BCUT2D eigenvalue weighted by Gasteiger charge is 2.21. The Labute approximate surface area is 170 Å². The topological polar surface area (TPSA) is 99.8 Å². The highest BCUT2D eigenvalue weighted by molar-refractivity contribution is 5.80. The van der Waals surface area contributed by atoms with Crippen LogP contribution in [0.1, 0.15) is 19.4 Å². The van der Waals surface area contributed by atoms with E-state index in [0.717, 1.165) is 50.2 Å². The molecular formula is C20H27N7O2. The number of guanidine groups is 1. The largest absolute Gasteiger partial charge is 0.356 e. The van der Waals surface area contributed by atoms with E-state index >= 15 is 0 Å². The molecule has 1 aliphatic rings. The molecule has 0 spiro atoms. The van der Waals surface area contributed by atoms with Gasteiger partial charge in [0.05, 0.1) is 11.5 Å². The van der Waals surface area contributed by atoms with Crippen molar-refractivity contribution in [1.29, 1.82) is 0 Å². The number of nitrogens with one attached hydrogen (secondary N) is 1. The second-order valence-electron chi connectivity index (χ2n) is 7.36. The highest BCUT2D eigenvalue weighted by atomic mass is 16.6. The van der Waals surface area contributed by atoms with Crippen molar-refractivity contribution in [2.75, 3.05) is 37.6 Å². The number of aromatic nitrogens is 2. The fourth-order valence-corrected chi connectivity index (χ4v) is 3.03. The molecule has 1 aromatic heterocycles. The van der Waals surface area contributed by atoms with Crippen LogP contribution in [0.2, 0.25) is 0 Å². The summed E-state index contributed by atoms with van der Waals surface area (Å²) in [6.45, 7) is 8.91. The molecular weight excluding hydrogens is 370 g/mol. The maximum atomic E-state index is 10.8. The van der Waals surface area contributed by atoms with Gasteiger partial charge in [-0.1, -0.05) is 26.0 Å². The standard InChI is InChI=1S/C20H27N7O2/c1-16(2)14-23-20(24-15-17-4-6-18(7-5-17)27(28)29)26-12-10-25(11-13-26)19-21-8-3-9-22-19/h3-9,16H,10-15H2,1-2H3,(H,23,24). The smallest absolute Gasteiger partial charge is 0.269 e. The summed E-state index contributed by atoms with van der Waals surface area (Å²) in [5, 5.41) is 14.3. The number of hydrogen-bond donors (Lipinski definition) is 1. The summed E-state index contributed by atoms with van der Waals surface area (Å²) in [5.74, 6) is 2.12. The van der Waals surface area contributed by atoms with E-state index in [4.69, 9.17) is 4.99 Å². The van der Waals surface area contributed by atoms with Crippen LogP contribution in [0.15, 0.2) is 47.7 Å². The molecule has 2 aromatic rings. The SMILES string of the molecule is CC(C)CNC(=NCc1ccc([N+](=O)[O-])cc1)N1CCN(c2ncccn2)CC1. The summed E-state index contributed by atoms with van der Waals surface area (Å²) in [6, 6.07) is 8.37. The summed E-state index contributed by atoms with van der Waals surface area (Å²) in [6.07, 6.45) is 3.52. The molecule has 0 radical (unpaired) electrons. The van der Waals surface area contributed by atoms with Crippen molar-refractivity contribution >= 4 is 17.6 Å². The zero-order valence-electron chi connectivity index (χ0n) is 16.9. The van der Waals surface area contributed by atoms with E-state index in [1.807, 2.05) is 6.07 Å². The monoisotopic (exact) mass is 397 g/mol. The van der Waals surface area contributed by atoms with E-state index in [1.165, 1.54) is 12.1 Å². The molecule has 0 atom stereocenters. The van der Waals surface area contributed by atoms with Crippen LogP contribution >= 0.6 is 0 Å². The van der Waals surface area contributed by atoms with Gasteiger partial charge < -0.3 is 15.1 Å². The lowest BCUT2D eigenvalue weighted by Gasteiger charge is -2.36. The van der Waals surface area contributed by atoms with E-state index in [-0.39, 0.29) is 5.69 Å². The van der Waals surface area contributed by atoms with Gasteiger partial charge in [0.25, 0.3) is 5.69 Å². The van der Waals surface area contributed by atoms with Crippen LogP contribution < -0.4 is 10.2 Å². The summed E-state index contributed by atoms with van der Waals surface area (Å²) in [5.41, 5.74) is 1.03. The Hall–Kier alpha value is -3.23. The second-order valence-corrected chi connectivity index (χ2v) is 7.36. The van der Waals surface area contributed by atoms with Gasteiger partial charge in [-0.3, -0.25) is 10.1 Å². The Kier molecular flexibility index (Phi) is 6.94. The number of nitro benzene ring substituents is 1. The van der Waals surface area contributed by atoms with Crippen LogP contribution in [0.5, 0.6) is 0 Å². The van der Waals surface area contributed by atoms with Crippen LogP contribution in [0.4, 0.5) is 11.6 Å². The summed E-state index contributed by atoms with van der Waals surface area (Å²) in [7, 11) is 0. The maximum Gasteiger partial charge on any atom is 0.269 e. The van der Waals surface area contributed by atoms with Crippen molar-refractivity contribution in [2.45, 2.75) is 20.4 Å². The molecule has 154 valence electrons. The molecule has 0 unspecified atom stereocenters. The first kappa shape index (κ1) is 20.5. The predicted octanol–water partition coefficient (Wildman–Crippen LogP) is 2.31. The summed E-state index contributed by atoms with van der Waals surface area (Å²) < 4.78 is 0. The van der Waals surface area contributed by atoms with Crippen molar-refractivity contribution < 1.29 is 4.92 Å². The van der Waals surface area contributed by atoms with Crippen LogP contribution in [-0.2, 0) is 6.54 Å². The first-order valence-corrected chi connectivity index (χ1v) is 9.81. The predicted molar refractivity (Wildman–Crippen MR) is 113 cm³/mol. The minimum atomic E-state index is -0.390. The number of hydrogen-bond acceptors (Lipinski definition) is 6. The number of aliphatic imine (C=N–C) groups is 1. The second kappa shape index (κ2) is 9.81. The molecule has 0 saturated carbocycles. The zero-order valence-corrected chi connectivity index (χ0v) is 16.9. The number of nitro groups is 1. The Morgan fingerprint density at radius 1 is 1.17 bits per heavy atom. The number of rotatable bonds is 6. The van der Waals surface area contributed by atoms with Gasteiger partial charge in [0, 0.05) is 57.3 Å². The molecule has 1 saturated heterocycles. The van der Waals surface area contributed by atoms with E-state index in [1.54, 1.807) is 24.5 Å². The van der Waals surface area contributed by atoms with Crippen molar-refractivity contribution in [3.05, 3.63) is 58.4 Å². The Morgan fingerprint density at radius 3 is 2.41 bits per heavy atom. The molecule has 0 bridgehead atoms. The zero-order chi connectivity index (χ0) is 20.6. The quantitative estimate of drug-likeness (QED) is 0.345. The first-order chi connectivity index (χ1) is 14.0. The average Bonchev–Trinajstić information content (AvgIpc) is 2.75. The Bertz CT molecular complexity index is 816. The van der Waals surface area contributed by atoms with Crippen molar-refractivity contribution in [3.63, 3.8) is 0 Å². The lowest BCUT2D eigenvalue weighted by molar-refractivity contribution is -0.384. The number of nitrogens with zero attached hydrogens (tertiary/aromatic N) is 6. The van der Waals surface area contributed by atoms with Gasteiger partial charge in [0.1, 0.15) is 0 Å². The van der Waals surface area contributed by atoms with E-state index < -0.39 is 4.92 Å². The van der Waals surface area contributed by atoms with E-state index in [9.17, 15) is 10.1 Å². The van der Waals surface area contributed by atoms with Crippen LogP contribution in [-0.4, -0.2) is 58.5 Å². The molecule has 9 nitrogen and oxygen atoms in total. The number of piperazine rings is 1. The van der Waals surface area contributed by atoms with Gasteiger partial charge in [-0.2, -0.15) is 0 Å². The van der Waals surface area contributed by atoms with E-state index in [0.29, 0.717) is 12.5 Å². The fourth-order valence-electron chi connectivity index (χ4n) is 3.03. The summed E-state index contributed by atoms with van der Waals surface area (Å²) >= 11 is 0. The third-order valence-electron chi connectivity index (χ3n) is 4.64. The van der Waals surface area contributed by atoms with Gasteiger partial charge >= 0.3 is 0 Å². The minimum Gasteiger partial charge on any atom is -0.356 e. The van der Waals surface area contributed by atoms with Gasteiger partial charge in [-0.15, -0.1) is 0 Å². The van der Waals surface area contributed by atoms with Crippen molar-refractivity contribution in [2.24, 2.45) is 10.9 Å². The Morgan fingerprint density at radius 2 is 1.83 bits per heavy atom. The lowest BCUT2D eigenvalue weighted by atomic mass is 10.2. The number of benzene rings is 1. The molecule has 1 aliphatic heterocycles. The molecule has 3 rings (SSSR count). The lowest BCUT2D eigenvalue weighted by Crippen LogP contribution is -2.53. The average molecular weight is 397 g/mol. The van der Waals surface area contributed by atoms with E-state index in [2.05, 4.69) is 38.9 Å². The van der Waals surface area contributed by atoms with Crippen LogP contribution in [0.25, 0.3) is 0 Å². The van der Waals surface area contributed by atoms with Gasteiger partial charge in [-0.25, -0.2) is 15.0 Å². The van der Waals surface area contributed by atoms with Crippen LogP contribution in [0, 0.1) is 16.0 Å². The molecule has 29 heavy (non-hydrogen) atoms. The first-order valence-electron chi connectivity index (χ1n) is 9.81. The molecule has 9 heteroatoms. The summed E-state index contributed by atoms with van der Waals surface area (Å²) in [4.78, 5) is 28.3. The number of anilines is 1. The molecule has 0 amide bonds. The molecule has 0 aliphatic carbocycles. The molecule has 2 heterocycles. The minimum absolute atomic E-state index is 0.0927. The third-order valence-corrected chi connectivity index (χ3v) is 4.64. The fraction of sp³-hybridized carbons (Fsp3) is 0.450. The molecule has 1 aromatic carbocycles. The maximum absolute atomic E-state index is 10.8. The Balaban J connectivity index is 1.65. The van der Waals surface area contributed by atoms with Crippen molar-refractivity contribution in [3.8, 4) is 0 Å². The number of non-ortho nitro benzene ring substituents is 1. The molecule has 1 fully saturated rings. The van der Waals surface area contributed by atoms with Gasteiger partial charge in [-0.05, 0) is 17.5 Å². The molecule has 1 N–H and O–H groups in total. The normalized spacial score (nSPS) is 14.9. The third kappa shape index (κ3) is 5.87. The van der Waals surface area contributed by atoms with Crippen LogP contribution in [0.3, 0.4) is 0 Å². The highest BCUT2D eigenvalue weighted by Crippen LogP contribution is 2.14.